The van der Waals surface area contributed by atoms with Crippen molar-refractivity contribution in [2.45, 2.75) is 32.2 Å². The van der Waals surface area contributed by atoms with E-state index in [1.807, 2.05) is 0 Å². The average Bonchev–Trinajstić information content (AvgIpc) is 2.96. The first kappa shape index (κ1) is 16.7. The molecule has 0 saturated heterocycles. The van der Waals surface area contributed by atoms with Crippen LogP contribution in [0.5, 0.6) is 5.75 Å². The number of nitrogens with zero attached hydrogens (tertiary/aromatic N) is 1. The van der Waals surface area contributed by atoms with Gasteiger partial charge in [-0.05, 0) is 38.3 Å². The zero-order valence-corrected chi connectivity index (χ0v) is 12.7. The van der Waals surface area contributed by atoms with E-state index in [2.05, 4.69) is 5.32 Å². The molecule has 1 saturated carbocycles. The number of aliphatic carboxylic acids is 1. The van der Waals surface area contributed by atoms with Crippen LogP contribution in [-0.4, -0.2) is 34.6 Å². The van der Waals surface area contributed by atoms with Gasteiger partial charge in [0.1, 0.15) is 0 Å². The zero-order chi connectivity index (χ0) is 17.0. The van der Waals surface area contributed by atoms with Crippen LogP contribution < -0.4 is 10.1 Å². The van der Waals surface area contributed by atoms with Crippen molar-refractivity contribution >= 4 is 17.6 Å². The number of carboxylic acids is 1. The molecule has 0 unspecified atom stereocenters. The van der Waals surface area contributed by atoms with Crippen molar-refractivity contribution in [2.24, 2.45) is 5.92 Å². The van der Waals surface area contributed by atoms with Gasteiger partial charge in [-0.3, -0.25) is 19.7 Å². The topological polar surface area (TPSA) is 119 Å². The fourth-order valence-corrected chi connectivity index (χ4v) is 2.68. The van der Waals surface area contributed by atoms with Crippen LogP contribution in [0, 0.1) is 16.0 Å². The molecule has 1 aromatic carbocycles. The van der Waals surface area contributed by atoms with Crippen LogP contribution in [-0.2, 0) is 4.79 Å². The van der Waals surface area contributed by atoms with E-state index in [1.54, 1.807) is 6.92 Å². The minimum atomic E-state index is -0.863. The molecule has 2 N–H and O–H groups in total. The van der Waals surface area contributed by atoms with Crippen LogP contribution in [0.2, 0.25) is 0 Å². The van der Waals surface area contributed by atoms with Gasteiger partial charge in [-0.2, -0.15) is 0 Å². The molecule has 1 fully saturated rings. The first-order valence-corrected chi connectivity index (χ1v) is 7.37. The summed E-state index contributed by atoms with van der Waals surface area (Å²) >= 11 is 0. The third-order valence-corrected chi connectivity index (χ3v) is 3.83. The smallest absolute Gasteiger partial charge is 0.311 e. The summed E-state index contributed by atoms with van der Waals surface area (Å²) in [5.74, 6) is -1.65. The van der Waals surface area contributed by atoms with Crippen LogP contribution in [0.1, 0.15) is 36.5 Å². The Hall–Kier alpha value is -2.64. The van der Waals surface area contributed by atoms with E-state index in [9.17, 15) is 19.7 Å². The summed E-state index contributed by atoms with van der Waals surface area (Å²) in [5.41, 5.74) is -0.117. The Labute approximate surface area is 132 Å². The Morgan fingerprint density at radius 3 is 2.74 bits per heavy atom. The second-order valence-electron chi connectivity index (χ2n) is 5.39. The Kier molecular flexibility index (Phi) is 5.15. The molecule has 1 amide bonds. The van der Waals surface area contributed by atoms with Crippen molar-refractivity contribution in [3.63, 3.8) is 0 Å². The van der Waals surface area contributed by atoms with E-state index in [0.717, 1.165) is 0 Å². The molecule has 8 heteroatoms. The van der Waals surface area contributed by atoms with Crippen molar-refractivity contribution in [3.05, 3.63) is 33.9 Å². The standard InChI is InChI=1S/C15H18N2O6/c1-2-23-13-6-4-9(8-12(13)17(21)22)14(18)16-11-5-3-10(7-11)15(19)20/h4,6,8,10-11H,2-3,5,7H2,1H3,(H,16,18)(H,19,20)/t10-,11+/m1/s1. The predicted molar refractivity (Wildman–Crippen MR) is 80.5 cm³/mol. The molecule has 1 aliphatic carbocycles. The largest absolute Gasteiger partial charge is 0.487 e. The highest BCUT2D eigenvalue weighted by atomic mass is 16.6. The monoisotopic (exact) mass is 322 g/mol. The summed E-state index contributed by atoms with van der Waals surface area (Å²) in [5, 5.41) is 22.8. The maximum atomic E-state index is 12.2. The fraction of sp³-hybridized carbons (Fsp3) is 0.467. The Bertz CT molecular complexity index is 630. The number of carbonyl (C=O) groups excluding carboxylic acids is 1. The number of nitrogens with one attached hydrogen (secondary N) is 1. The van der Waals surface area contributed by atoms with Gasteiger partial charge in [-0.1, -0.05) is 0 Å². The van der Waals surface area contributed by atoms with Crippen molar-refractivity contribution in [2.75, 3.05) is 6.61 Å². The molecule has 23 heavy (non-hydrogen) atoms. The Morgan fingerprint density at radius 2 is 2.17 bits per heavy atom. The number of rotatable bonds is 6. The minimum absolute atomic E-state index is 0.112. The number of ether oxygens (including phenoxy) is 1. The molecule has 0 aliphatic heterocycles. The lowest BCUT2D eigenvalue weighted by atomic mass is 10.1. The molecule has 1 aromatic rings. The highest BCUT2D eigenvalue weighted by Crippen LogP contribution is 2.29. The van der Waals surface area contributed by atoms with Crippen LogP contribution in [0.3, 0.4) is 0 Å². The molecule has 8 nitrogen and oxygen atoms in total. The second kappa shape index (κ2) is 7.08. The first-order chi connectivity index (χ1) is 10.9. The molecular weight excluding hydrogens is 304 g/mol. The van der Waals surface area contributed by atoms with Gasteiger partial charge < -0.3 is 15.2 Å². The molecule has 0 aromatic heterocycles. The summed E-state index contributed by atoms with van der Waals surface area (Å²) in [6, 6.07) is 3.79. The van der Waals surface area contributed by atoms with E-state index in [-0.39, 0.29) is 29.6 Å². The molecule has 0 heterocycles. The van der Waals surface area contributed by atoms with E-state index in [1.165, 1.54) is 18.2 Å². The van der Waals surface area contributed by atoms with Crippen LogP contribution >= 0.6 is 0 Å². The number of benzene rings is 1. The van der Waals surface area contributed by atoms with Gasteiger partial charge in [0.05, 0.1) is 17.4 Å². The fourth-order valence-electron chi connectivity index (χ4n) is 2.68. The lowest BCUT2D eigenvalue weighted by molar-refractivity contribution is -0.385. The van der Waals surface area contributed by atoms with E-state index in [0.29, 0.717) is 19.3 Å². The molecule has 0 bridgehead atoms. The summed E-state index contributed by atoms with van der Waals surface area (Å²) in [7, 11) is 0. The summed E-state index contributed by atoms with van der Waals surface area (Å²) in [6.07, 6.45) is 1.48. The third kappa shape index (κ3) is 3.97. The Morgan fingerprint density at radius 1 is 1.43 bits per heavy atom. The average molecular weight is 322 g/mol. The lowest BCUT2D eigenvalue weighted by Crippen LogP contribution is -2.33. The number of carbonyl (C=O) groups is 2. The molecule has 124 valence electrons. The maximum absolute atomic E-state index is 12.2. The number of nitro benzene ring substituents is 1. The van der Waals surface area contributed by atoms with E-state index >= 15 is 0 Å². The van der Waals surface area contributed by atoms with Crippen molar-refractivity contribution in [1.29, 1.82) is 0 Å². The van der Waals surface area contributed by atoms with Gasteiger partial charge in [-0.15, -0.1) is 0 Å². The summed E-state index contributed by atoms with van der Waals surface area (Å²) in [4.78, 5) is 33.6. The van der Waals surface area contributed by atoms with Gasteiger partial charge in [-0.25, -0.2) is 0 Å². The number of carboxylic acid groups (broad SMARTS) is 1. The van der Waals surface area contributed by atoms with Crippen LogP contribution in [0.15, 0.2) is 18.2 Å². The Balaban J connectivity index is 2.09. The van der Waals surface area contributed by atoms with Gasteiger partial charge in [0.25, 0.3) is 5.91 Å². The molecule has 0 radical (unpaired) electrons. The number of hydrogen-bond donors (Lipinski definition) is 2. The SMILES string of the molecule is CCOc1ccc(C(=O)N[C@H]2CC[C@@H](C(=O)O)C2)cc1[N+](=O)[O-]. The van der Waals surface area contributed by atoms with Crippen molar-refractivity contribution < 1.29 is 24.4 Å². The highest BCUT2D eigenvalue weighted by molar-refractivity contribution is 5.95. The highest BCUT2D eigenvalue weighted by Gasteiger charge is 2.31. The van der Waals surface area contributed by atoms with Gasteiger partial charge in [0, 0.05) is 17.7 Å². The lowest BCUT2D eigenvalue weighted by Gasteiger charge is -2.13. The van der Waals surface area contributed by atoms with Crippen LogP contribution in [0.4, 0.5) is 5.69 Å². The summed E-state index contributed by atoms with van der Waals surface area (Å²) < 4.78 is 5.17. The van der Waals surface area contributed by atoms with E-state index in [4.69, 9.17) is 9.84 Å². The number of amides is 1. The zero-order valence-electron chi connectivity index (χ0n) is 12.7. The normalized spacial score (nSPS) is 20.0. The molecule has 1 aliphatic rings. The van der Waals surface area contributed by atoms with Crippen molar-refractivity contribution in [3.8, 4) is 5.75 Å². The number of hydrogen-bond acceptors (Lipinski definition) is 5. The van der Waals surface area contributed by atoms with Gasteiger partial charge >= 0.3 is 11.7 Å². The quantitative estimate of drug-likeness (QED) is 0.610. The summed E-state index contributed by atoms with van der Waals surface area (Å²) in [6.45, 7) is 1.99. The van der Waals surface area contributed by atoms with Crippen LogP contribution in [0.25, 0.3) is 0 Å². The third-order valence-electron chi connectivity index (χ3n) is 3.83. The maximum Gasteiger partial charge on any atom is 0.311 e. The van der Waals surface area contributed by atoms with Gasteiger partial charge in [0.2, 0.25) is 0 Å². The molecule has 2 atom stereocenters. The molecular formula is C15H18N2O6. The van der Waals surface area contributed by atoms with Gasteiger partial charge in [0.15, 0.2) is 5.75 Å². The molecule has 2 rings (SSSR count). The van der Waals surface area contributed by atoms with Crippen molar-refractivity contribution in [1.82, 2.24) is 5.32 Å². The minimum Gasteiger partial charge on any atom is -0.487 e. The number of nitro groups is 1. The first-order valence-electron chi connectivity index (χ1n) is 7.37. The second-order valence-corrected chi connectivity index (χ2v) is 5.39. The van der Waals surface area contributed by atoms with E-state index < -0.39 is 22.7 Å². The predicted octanol–water partition coefficient (Wildman–Crippen LogP) is 1.98. The molecule has 0 spiro atoms.